The number of oxazole rings is 1. The normalized spacial score (nSPS) is 12.8. The first-order chi connectivity index (χ1) is 24.6. The summed E-state index contributed by atoms with van der Waals surface area (Å²) in [7, 11) is 0. The molecule has 1 heterocycles. The summed E-state index contributed by atoms with van der Waals surface area (Å²) in [4.78, 5) is 9.83. The SMILES string of the molecule is CC1(C)c2ccccc2-c2c(N(c3ccccc3)c3cc(N(c4ccccc4)c4ccccc4)c4nc(-c5ccccc5)oc4c3)cccc21. The van der Waals surface area contributed by atoms with Crippen molar-refractivity contribution in [3.8, 4) is 22.6 Å². The molecule has 4 heteroatoms. The first-order valence-corrected chi connectivity index (χ1v) is 17.1. The van der Waals surface area contributed by atoms with Crippen molar-refractivity contribution in [2.75, 3.05) is 9.80 Å². The number of anilines is 6. The number of rotatable bonds is 7. The van der Waals surface area contributed by atoms with E-state index in [2.05, 4.69) is 169 Å². The average molecular weight is 646 g/mol. The zero-order valence-electron chi connectivity index (χ0n) is 28.0. The van der Waals surface area contributed by atoms with Crippen molar-refractivity contribution >= 4 is 45.2 Å². The zero-order valence-corrected chi connectivity index (χ0v) is 28.0. The molecule has 0 saturated carbocycles. The molecule has 50 heavy (non-hydrogen) atoms. The Balaban J connectivity index is 1.36. The number of nitrogens with zero attached hydrogens (tertiary/aromatic N) is 3. The van der Waals surface area contributed by atoms with E-state index in [0.717, 1.165) is 45.2 Å². The van der Waals surface area contributed by atoms with E-state index in [9.17, 15) is 0 Å². The minimum absolute atomic E-state index is 0.133. The van der Waals surface area contributed by atoms with Crippen LogP contribution in [0.5, 0.6) is 0 Å². The van der Waals surface area contributed by atoms with Crippen molar-refractivity contribution in [3.05, 3.63) is 187 Å². The van der Waals surface area contributed by atoms with Gasteiger partial charge in [-0.25, -0.2) is 4.98 Å². The molecule has 0 amide bonds. The highest BCUT2D eigenvalue weighted by Crippen LogP contribution is 2.55. The fraction of sp³-hybridized carbons (Fsp3) is 0.0652. The predicted molar refractivity (Wildman–Crippen MR) is 206 cm³/mol. The molecule has 0 atom stereocenters. The molecular weight excluding hydrogens is 611 g/mol. The Morgan fingerprint density at radius 3 is 1.62 bits per heavy atom. The molecule has 240 valence electrons. The Kier molecular flexibility index (Phi) is 7.10. The lowest BCUT2D eigenvalue weighted by atomic mass is 9.82. The molecule has 8 aromatic rings. The Morgan fingerprint density at radius 1 is 0.480 bits per heavy atom. The third-order valence-corrected chi connectivity index (χ3v) is 9.85. The third-order valence-electron chi connectivity index (χ3n) is 9.85. The molecular formula is C46H35N3O. The lowest BCUT2D eigenvalue weighted by Gasteiger charge is -2.31. The van der Waals surface area contributed by atoms with Crippen molar-refractivity contribution in [3.63, 3.8) is 0 Å². The lowest BCUT2D eigenvalue weighted by Crippen LogP contribution is -2.16. The van der Waals surface area contributed by atoms with Crippen LogP contribution in [-0.2, 0) is 5.41 Å². The van der Waals surface area contributed by atoms with Crippen LogP contribution in [0.15, 0.2) is 180 Å². The Bertz CT molecular complexity index is 2410. The standard InChI is InChI=1S/C46H35N3O/c1-46(2)38-27-16-15-26-37(38)43-39(46)28-17-29-40(43)49(35-24-13-6-14-25-35)36-30-41(44-42(31-36)50-45(47-44)32-18-7-3-8-19-32)48(33-20-9-4-10-21-33)34-22-11-5-12-23-34/h3-31H,1-2H3. The molecule has 0 saturated heterocycles. The molecule has 0 fully saturated rings. The van der Waals surface area contributed by atoms with Gasteiger partial charge in [-0.2, -0.15) is 0 Å². The number of fused-ring (bicyclic) bond motifs is 4. The smallest absolute Gasteiger partial charge is 0.227 e. The van der Waals surface area contributed by atoms with Gasteiger partial charge < -0.3 is 14.2 Å². The molecule has 0 N–H and O–H groups in total. The van der Waals surface area contributed by atoms with Crippen molar-refractivity contribution in [2.45, 2.75) is 19.3 Å². The number of hydrogen-bond acceptors (Lipinski definition) is 4. The molecule has 1 aromatic heterocycles. The molecule has 0 radical (unpaired) electrons. The summed E-state index contributed by atoms with van der Waals surface area (Å²) < 4.78 is 6.70. The van der Waals surface area contributed by atoms with E-state index in [-0.39, 0.29) is 5.41 Å². The van der Waals surface area contributed by atoms with Crippen LogP contribution in [-0.4, -0.2) is 4.98 Å². The number of aromatic nitrogens is 1. The van der Waals surface area contributed by atoms with Gasteiger partial charge in [-0.1, -0.05) is 123 Å². The summed E-state index contributed by atoms with van der Waals surface area (Å²) in [6, 6.07) is 61.7. The summed E-state index contributed by atoms with van der Waals surface area (Å²) in [6.45, 7) is 4.66. The Labute approximate surface area is 292 Å². The zero-order chi connectivity index (χ0) is 33.7. The van der Waals surface area contributed by atoms with Gasteiger partial charge in [0.25, 0.3) is 0 Å². The van der Waals surface area contributed by atoms with E-state index in [0.29, 0.717) is 11.5 Å². The highest BCUT2D eigenvalue weighted by Gasteiger charge is 2.38. The predicted octanol–water partition coefficient (Wildman–Crippen LogP) is 12.7. The van der Waals surface area contributed by atoms with Crippen LogP contribution < -0.4 is 9.80 Å². The first kappa shape index (κ1) is 29.7. The highest BCUT2D eigenvalue weighted by molar-refractivity contribution is 6.01. The van der Waals surface area contributed by atoms with E-state index < -0.39 is 0 Å². The molecule has 0 bridgehead atoms. The summed E-state index contributed by atoms with van der Waals surface area (Å²) in [5.41, 5.74) is 13.6. The summed E-state index contributed by atoms with van der Waals surface area (Å²) >= 11 is 0. The molecule has 1 aliphatic carbocycles. The topological polar surface area (TPSA) is 32.5 Å². The van der Waals surface area contributed by atoms with Gasteiger partial charge in [0, 0.05) is 39.7 Å². The van der Waals surface area contributed by atoms with Crippen molar-refractivity contribution < 1.29 is 4.42 Å². The van der Waals surface area contributed by atoms with E-state index in [4.69, 9.17) is 9.40 Å². The largest absolute Gasteiger partial charge is 0.436 e. The Hall–Kier alpha value is -6.39. The molecule has 1 aliphatic rings. The minimum atomic E-state index is -0.133. The summed E-state index contributed by atoms with van der Waals surface area (Å²) in [6.07, 6.45) is 0. The maximum absolute atomic E-state index is 6.70. The first-order valence-electron chi connectivity index (χ1n) is 17.1. The quantitative estimate of drug-likeness (QED) is 0.173. The van der Waals surface area contributed by atoms with Crippen molar-refractivity contribution in [1.29, 1.82) is 0 Å². The molecule has 0 unspecified atom stereocenters. The van der Waals surface area contributed by atoms with Crippen molar-refractivity contribution in [1.82, 2.24) is 4.98 Å². The maximum Gasteiger partial charge on any atom is 0.227 e. The fourth-order valence-electron chi connectivity index (χ4n) is 7.51. The highest BCUT2D eigenvalue weighted by atomic mass is 16.3. The summed E-state index contributed by atoms with van der Waals surface area (Å²) in [5.74, 6) is 0.586. The van der Waals surface area contributed by atoms with Crippen LogP contribution in [0.1, 0.15) is 25.0 Å². The molecule has 0 aliphatic heterocycles. The lowest BCUT2D eigenvalue weighted by molar-refractivity contribution is 0.620. The van der Waals surface area contributed by atoms with Crippen LogP contribution >= 0.6 is 0 Å². The van der Waals surface area contributed by atoms with Crippen molar-refractivity contribution in [2.24, 2.45) is 0 Å². The monoisotopic (exact) mass is 645 g/mol. The van der Waals surface area contributed by atoms with Gasteiger partial charge in [-0.15, -0.1) is 0 Å². The van der Waals surface area contributed by atoms with E-state index in [1.165, 1.54) is 22.3 Å². The summed E-state index contributed by atoms with van der Waals surface area (Å²) in [5, 5.41) is 0. The van der Waals surface area contributed by atoms with Gasteiger partial charge in [0.1, 0.15) is 5.52 Å². The second kappa shape index (κ2) is 11.9. The average Bonchev–Trinajstić information content (AvgIpc) is 3.71. The van der Waals surface area contributed by atoms with Crippen LogP contribution in [0.3, 0.4) is 0 Å². The van der Waals surface area contributed by atoms with Gasteiger partial charge in [-0.05, 0) is 77.4 Å². The van der Waals surface area contributed by atoms with E-state index in [1.807, 2.05) is 30.3 Å². The van der Waals surface area contributed by atoms with Crippen LogP contribution in [0, 0.1) is 0 Å². The number of hydrogen-bond donors (Lipinski definition) is 0. The van der Waals surface area contributed by atoms with Gasteiger partial charge in [0.15, 0.2) is 5.58 Å². The molecule has 0 spiro atoms. The van der Waals surface area contributed by atoms with Gasteiger partial charge in [0.2, 0.25) is 5.89 Å². The van der Waals surface area contributed by atoms with Gasteiger partial charge in [-0.3, -0.25) is 0 Å². The third kappa shape index (κ3) is 4.88. The second-order valence-corrected chi connectivity index (χ2v) is 13.2. The second-order valence-electron chi connectivity index (χ2n) is 13.2. The Morgan fingerprint density at radius 2 is 1.00 bits per heavy atom. The van der Waals surface area contributed by atoms with E-state index >= 15 is 0 Å². The van der Waals surface area contributed by atoms with Crippen LogP contribution in [0.2, 0.25) is 0 Å². The molecule has 9 rings (SSSR count). The molecule has 4 nitrogen and oxygen atoms in total. The number of benzene rings is 7. The van der Waals surface area contributed by atoms with Crippen LogP contribution in [0.25, 0.3) is 33.7 Å². The minimum Gasteiger partial charge on any atom is -0.436 e. The van der Waals surface area contributed by atoms with Crippen LogP contribution in [0.4, 0.5) is 34.1 Å². The molecule has 7 aromatic carbocycles. The van der Waals surface area contributed by atoms with Gasteiger partial charge >= 0.3 is 0 Å². The maximum atomic E-state index is 6.70. The fourth-order valence-corrected chi connectivity index (χ4v) is 7.51. The number of para-hydroxylation sites is 3. The van der Waals surface area contributed by atoms with E-state index in [1.54, 1.807) is 0 Å². The van der Waals surface area contributed by atoms with Gasteiger partial charge in [0.05, 0.1) is 17.1 Å².